The van der Waals surface area contributed by atoms with E-state index in [-0.39, 0.29) is 23.7 Å². The molecule has 0 saturated heterocycles. The Morgan fingerprint density at radius 3 is 2.46 bits per heavy atom. The van der Waals surface area contributed by atoms with Crippen LogP contribution in [0.15, 0.2) is 30.6 Å². The fourth-order valence-electron chi connectivity index (χ4n) is 5.38. The molecule has 3 aromatic rings. The maximum atomic E-state index is 14.5. The Morgan fingerprint density at radius 1 is 1.11 bits per heavy atom. The zero-order chi connectivity index (χ0) is 25.3. The van der Waals surface area contributed by atoms with Crippen LogP contribution in [0.2, 0.25) is 0 Å². The van der Waals surface area contributed by atoms with Gasteiger partial charge >= 0.3 is 0 Å². The largest absolute Gasteiger partial charge is 0.369 e. The number of pyridine rings is 1. The molecule has 1 fully saturated rings. The summed E-state index contributed by atoms with van der Waals surface area (Å²) in [5.74, 6) is -1.74. The molecule has 0 aliphatic heterocycles. The zero-order valence-electron chi connectivity index (χ0n) is 21.2. The number of benzene rings is 1. The number of anilines is 1. The standard InChI is InChI=1S/C27H35F2N5O/c1-6-33(20-9-7-19(8-10-20)32(4)5)24-14-17(2)13-21(18(24)3)27(35)31-16-22-23(28)15-25(29)34-12-11-30-26(22)34/h11-15,19-20H,6-10,16H2,1-5H3,(H,31,35). The molecular weight excluding hydrogens is 448 g/mol. The molecule has 0 bridgehead atoms. The lowest BCUT2D eigenvalue weighted by atomic mass is 9.88. The van der Waals surface area contributed by atoms with Crippen molar-refractivity contribution in [3.8, 4) is 0 Å². The molecule has 0 atom stereocenters. The van der Waals surface area contributed by atoms with Gasteiger partial charge in [0.05, 0.1) is 5.56 Å². The number of fused-ring (bicyclic) bond motifs is 1. The molecule has 1 N–H and O–H groups in total. The topological polar surface area (TPSA) is 52.9 Å². The number of amides is 1. The van der Waals surface area contributed by atoms with Crippen molar-refractivity contribution in [3.05, 3.63) is 64.6 Å². The van der Waals surface area contributed by atoms with Crippen molar-refractivity contribution < 1.29 is 13.6 Å². The number of aromatic nitrogens is 2. The highest BCUT2D eigenvalue weighted by Gasteiger charge is 2.28. The molecule has 0 unspecified atom stereocenters. The Kier molecular flexibility index (Phi) is 7.40. The average Bonchev–Trinajstić information content (AvgIpc) is 3.32. The van der Waals surface area contributed by atoms with Gasteiger partial charge in [-0.15, -0.1) is 0 Å². The predicted octanol–water partition coefficient (Wildman–Crippen LogP) is 4.86. The van der Waals surface area contributed by atoms with E-state index in [1.165, 1.54) is 16.8 Å². The smallest absolute Gasteiger partial charge is 0.251 e. The first-order valence-electron chi connectivity index (χ1n) is 12.3. The number of carbonyl (C=O) groups excluding carboxylic acids is 1. The van der Waals surface area contributed by atoms with Gasteiger partial charge in [0.1, 0.15) is 11.5 Å². The van der Waals surface area contributed by atoms with Crippen molar-refractivity contribution in [2.75, 3.05) is 25.5 Å². The maximum Gasteiger partial charge on any atom is 0.251 e. The molecule has 1 aliphatic rings. The second kappa shape index (κ2) is 10.3. The number of imidazole rings is 1. The third-order valence-electron chi connectivity index (χ3n) is 7.36. The molecule has 1 aliphatic carbocycles. The van der Waals surface area contributed by atoms with Crippen molar-refractivity contribution in [1.82, 2.24) is 19.6 Å². The van der Waals surface area contributed by atoms with Gasteiger partial charge in [0.25, 0.3) is 5.91 Å². The van der Waals surface area contributed by atoms with Crippen LogP contribution in [0.5, 0.6) is 0 Å². The minimum Gasteiger partial charge on any atom is -0.369 e. The normalized spacial score (nSPS) is 18.3. The predicted molar refractivity (Wildman–Crippen MR) is 135 cm³/mol. The maximum absolute atomic E-state index is 14.5. The minimum atomic E-state index is -0.733. The van der Waals surface area contributed by atoms with Crippen molar-refractivity contribution in [2.45, 2.75) is 65.1 Å². The first-order valence-corrected chi connectivity index (χ1v) is 12.3. The molecule has 1 amide bonds. The lowest BCUT2D eigenvalue weighted by Crippen LogP contribution is -2.42. The average molecular weight is 484 g/mol. The van der Waals surface area contributed by atoms with Gasteiger partial charge in [-0.1, -0.05) is 0 Å². The quantitative estimate of drug-likeness (QED) is 0.488. The van der Waals surface area contributed by atoms with Crippen LogP contribution >= 0.6 is 0 Å². The number of carbonyl (C=O) groups is 1. The Bertz CT molecular complexity index is 1210. The number of rotatable bonds is 7. The first-order chi connectivity index (χ1) is 16.7. The highest BCUT2D eigenvalue weighted by molar-refractivity contribution is 5.97. The molecule has 1 saturated carbocycles. The summed E-state index contributed by atoms with van der Waals surface area (Å²) in [7, 11) is 4.29. The van der Waals surface area contributed by atoms with Crippen LogP contribution in [-0.4, -0.2) is 52.9 Å². The summed E-state index contributed by atoms with van der Waals surface area (Å²) in [5.41, 5.74) is 3.88. The number of nitrogens with zero attached hydrogens (tertiary/aromatic N) is 4. The number of aryl methyl sites for hydroxylation is 1. The zero-order valence-corrected chi connectivity index (χ0v) is 21.2. The van der Waals surface area contributed by atoms with E-state index in [4.69, 9.17) is 0 Å². The van der Waals surface area contributed by atoms with Crippen LogP contribution < -0.4 is 10.2 Å². The highest BCUT2D eigenvalue weighted by Crippen LogP contribution is 2.33. The molecule has 35 heavy (non-hydrogen) atoms. The van der Waals surface area contributed by atoms with E-state index in [2.05, 4.69) is 47.2 Å². The summed E-state index contributed by atoms with van der Waals surface area (Å²) in [4.78, 5) is 22.0. The molecule has 6 nitrogen and oxygen atoms in total. The van der Waals surface area contributed by atoms with Gasteiger partial charge in [-0.2, -0.15) is 4.39 Å². The molecular formula is C27H35F2N5O. The molecule has 0 spiro atoms. The molecule has 8 heteroatoms. The highest BCUT2D eigenvalue weighted by atomic mass is 19.1. The van der Waals surface area contributed by atoms with Gasteiger partial charge in [0, 0.05) is 54.9 Å². The van der Waals surface area contributed by atoms with Gasteiger partial charge in [-0.3, -0.25) is 9.20 Å². The summed E-state index contributed by atoms with van der Waals surface area (Å²) >= 11 is 0. The molecule has 2 aromatic heterocycles. The fourth-order valence-corrected chi connectivity index (χ4v) is 5.38. The van der Waals surface area contributed by atoms with Crippen LogP contribution in [0.25, 0.3) is 5.65 Å². The van der Waals surface area contributed by atoms with E-state index in [1.54, 1.807) is 0 Å². The number of hydrogen-bond acceptors (Lipinski definition) is 4. The van der Waals surface area contributed by atoms with E-state index < -0.39 is 11.8 Å². The van der Waals surface area contributed by atoms with Gasteiger partial charge in [-0.05, 0) is 83.8 Å². The van der Waals surface area contributed by atoms with E-state index in [0.717, 1.165) is 55.1 Å². The molecule has 188 valence electrons. The van der Waals surface area contributed by atoms with Gasteiger partial charge in [0.15, 0.2) is 0 Å². The van der Waals surface area contributed by atoms with Gasteiger partial charge in [0.2, 0.25) is 5.95 Å². The molecule has 1 aromatic carbocycles. The summed E-state index contributed by atoms with van der Waals surface area (Å²) in [6, 6.07) is 5.90. The van der Waals surface area contributed by atoms with Crippen LogP contribution in [0, 0.1) is 25.6 Å². The lowest BCUT2D eigenvalue weighted by Gasteiger charge is -2.40. The fraction of sp³-hybridized carbons (Fsp3) is 0.481. The Hall–Kier alpha value is -3.00. The van der Waals surface area contributed by atoms with Crippen LogP contribution in [0.1, 0.15) is 59.7 Å². The summed E-state index contributed by atoms with van der Waals surface area (Å²) in [6.07, 6.45) is 7.41. The van der Waals surface area contributed by atoms with Crippen LogP contribution in [-0.2, 0) is 6.54 Å². The monoisotopic (exact) mass is 483 g/mol. The summed E-state index contributed by atoms with van der Waals surface area (Å²) < 4.78 is 29.6. The van der Waals surface area contributed by atoms with Crippen molar-refractivity contribution in [3.63, 3.8) is 0 Å². The SMILES string of the molecule is CCN(c1cc(C)cc(C(=O)NCc2c(F)cc(F)n3ccnc23)c1C)C1CCC(N(C)C)CC1. The van der Waals surface area contributed by atoms with Gasteiger partial charge < -0.3 is 15.1 Å². The molecule has 4 rings (SSSR count). The van der Waals surface area contributed by atoms with E-state index in [0.29, 0.717) is 17.6 Å². The van der Waals surface area contributed by atoms with Crippen molar-refractivity contribution in [2.24, 2.45) is 0 Å². The third-order valence-corrected chi connectivity index (χ3v) is 7.36. The van der Waals surface area contributed by atoms with Crippen LogP contribution in [0.4, 0.5) is 14.5 Å². The van der Waals surface area contributed by atoms with Crippen molar-refractivity contribution >= 4 is 17.2 Å². The second-order valence-corrected chi connectivity index (χ2v) is 9.77. The Balaban J connectivity index is 1.56. The van der Waals surface area contributed by atoms with Crippen LogP contribution in [0.3, 0.4) is 0 Å². The lowest BCUT2D eigenvalue weighted by molar-refractivity contribution is 0.0950. The number of halogens is 2. The molecule has 0 radical (unpaired) electrons. The summed E-state index contributed by atoms with van der Waals surface area (Å²) in [5, 5.41) is 2.83. The number of nitrogens with one attached hydrogen (secondary N) is 1. The van der Waals surface area contributed by atoms with E-state index in [9.17, 15) is 13.6 Å². The van der Waals surface area contributed by atoms with E-state index >= 15 is 0 Å². The first kappa shape index (κ1) is 25.1. The Morgan fingerprint density at radius 2 is 1.80 bits per heavy atom. The summed E-state index contributed by atoms with van der Waals surface area (Å²) in [6.45, 7) is 6.90. The Labute approximate surface area is 205 Å². The molecule has 2 heterocycles. The number of hydrogen-bond donors (Lipinski definition) is 1. The van der Waals surface area contributed by atoms with Gasteiger partial charge in [-0.25, -0.2) is 9.37 Å². The third kappa shape index (κ3) is 5.03. The van der Waals surface area contributed by atoms with E-state index in [1.807, 2.05) is 19.9 Å². The minimum absolute atomic E-state index is 0.0831. The van der Waals surface area contributed by atoms with Crippen molar-refractivity contribution in [1.29, 1.82) is 0 Å². The second-order valence-electron chi connectivity index (χ2n) is 9.77.